The standard InChI is InChI=1S/C15H25NO2S/c1-15(5-6-19(17,18)9-15)16-14-8-10-7-13(14)12-4-2-3-11(10)12/h10-14,16H,2-9H2,1H3. The lowest BCUT2D eigenvalue weighted by atomic mass is 9.78. The predicted molar refractivity (Wildman–Crippen MR) is 75.6 cm³/mol. The highest BCUT2D eigenvalue weighted by Crippen LogP contribution is 2.59. The molecule has 4 aliphatic rings. The summed E-state index contributed by atoms with van der Waals surface area (Å²) in [5.74, 6) is 4.49. The van der Waals surface area contributed by atoms with Crippen LogP contribution in [0, 0.1) is 23.7 Å². The normalized spacial score (nSPS) is 54.7. The molecule has 3 nitrogen and oxygen atoms in total. The molecule has 1 N–H and O–H groups in total. The zero-order valence-corrected chi connectivity index (χ0v) is 12.6. The fourth-order valence-electron chi connectivity index (χ4n) is 5.81. The highest BCUT2D eigenvalue weighted by Gasteiger charge is 2.55. The van der Waals surface area contributed by atoms with E-state index in [0.717, 1.165) is 30.1 Å². The quantitative estimate of drug-likeness (QED) is 0.843. The average molecular weight is 283 g/mol. The predicted octanol–water partition coefficient (Wildman–Crippen LogP) is 1.98. The van der Waals surface area contributed by atoms with E-state index in [1.807, 2.05) is 0 Å². The van der Waals surface area contributed by atoms with Gasteiger partial charge in [0.05, 0.1) is 11.5 Å². The van der Waals surface area contributed by atoms with Gasteiger partial charge in [-0.2, -0.15) is 0 Å². The lowest BCUT2D eigenvalue weighted by Crippen LogP contribution is -2.52. The van der Waals surface area contributed by atoms with Crippen LogP contribution in [0.15, 0.2) is 0 Å². The van der Waals surface area contributed by atoms with Crippen molar-refractivity contribution >= 4 is 9.84 Å². The number of hydrogen-bond donors (Lipinski definition) is 1. The highest BCUT2D eigenvalue weighted by atomic mass is 32.2. The van der Waals surface area contributed by atoms with Gasteiger partial charge < -0.3 is 5.32 Å². The number of hydrogen-bond acceptors (Lipinski definition) is 3. The number of fused-ring (bicyclic) bond motifs is 5. The zero-order valence-electron chi connectivity index (χ0n) is 11.8. The van der Waals surface area contributed by atoms with Crippen LogP contribution in [0.3, 0.4) is 0 Å². The maximum atomic E-state index is 11.7. The first-order valence-electron chi connectivity index (χ1n) is 7.94. The number of nitrogens with one attached hydrogen (secondary N) is 1. The molecule has 1 aliphatic heterocycles. The van der Waals surface area contributed by atoms with Gasteiger partial charge in [-0.15, -0.1) is 0 Å². The van der Waals surface area contributed by atoms with Gasteiger partial charge in [-0.25, -0.2) is 8.42 Å². The van der Waals surface area contributed by atoms with Gasteiger partial charge in [0.2, 0.25) is 0 Å². The monoisotopic (exact) mass is 283 g/mol. The molecule has 0 amide bonds. The molecule has 3 aliphatic carbocycles. The minimum absolute atomic E-state index is 0.151. The fraction of sp³-hybridized carbons (Fsp3) is 1.00. The van der Waals surface area contributed by atoms with E-state index in [9.17, 15) is 8.42 Å². The summed E-state index contributed by atoms with van der Waals surface area (Å²) < 4.78 is 23.4. The van der Waals surface area contributed by atoms with Gasteiger partial charge >= 0.3 is 0 Å². The lowest BCUT2D eigenvalue weighted by Gasteiger charge is -2.37. The van der Waals surface area contributed by atoms with Crippen molar-refractivity contribution in [2.75, 3.05) is 11.5 Å². The van der Waals surface area contributed by atoms with Gasteiger partial charge in [-0.3, -0.25) is 0 Å². The van der Waals surface area contributed by atoms with Crippen LogP contribution >= 0.6 is 0 Å². The second-order valence-corrected chi connectivity index (χ2v) is 9.99. The van der Waals surface area contributed by atoms with Crippen molar-refractivity contribution in [2.45, 2.75) is 57.0 Å². The lowest BCUT2D eigenvalue weighted by molar-refractivity contribution is 0.180. The van der Waals surface area contributed by atoms with Crippen molar-refractivity contribution in [2.24, 2.45) is 23.7 Å². The van der Waals surface area contributed by atoms with E-state index in [1.165, 1.54) is 32.1 Å². The number of sulfone groups is 1. The molecule has 4 heteroatoms. The maximum absolute atomic E-state index is 11.7. The molecule has 0 spiro atoms. The van der Waals surface area contributed by atoms with Crippen LogP contribution in [0.4, 0.5) is 0 Å². The second-order valence-electron chi connectivity index (χ2n) is 7.81. The summed E-state index contributed by atoms with van der Waals surface area (Å²) in [4.78, 5) is 0. The summed E-state index contributed by atoms with van der Waals surface area (Å²) in [6.45, 7) is 2.12. The zero-order chi connectivity index (χ0) is 13.3. The van der Waals surface area contributed by atoms with E-state index in [0.29, 0.717) is 17.5 Å². The van der Waals surface area contributed by atoms with Crippen LogP contribution in [0.2, 0.25) is 0 Å². The highest BCUT2D eigenvalue weighted by molar-refractivity contribution is 7.91. The first-order valence-corrected chi connectivity index (χ1v) is 9.76. The van der Waals surface area contributed by atoms with E-state index in [1.54, 1.807) is 0 Å². The van der Waals surface area contributed by atoms with Crippen LogP contribution in [-0.4, -0.2) is 31.5 Å². The Bertz CT molecular complexity index is 488. The smallest absolute Gasteiger partial charge is 0.152 e. The first-order chi connectivity index (χ1) is 8.96. The van der Waals surface area contributed by atoms with E-state index >= 15 is 0 Å². The van der Waals surface area contributed by atoms with Crippen LogP contribution in [0.5, 0.6) is 0 Å². The SMILES string of the molecule is CC1(NC2CC3CC2C2CCCC32)CCS(=O)(=O)C1. The summed E-state index contributed by atoms with van der Waals surface area (Å²) in [5, 5.41) is 3.77. The number of rotatable bonds is 2. The Morgan fingerprint density at radius 3 is 2.63 bits per heavy atom. The van der Waals surface area contributed by atoms with E-state index in [2.05, 4.69) is 12.2 Å². The van der Waals surface area contributed by atoms with Gasteiger partial charge in [0.25, 0.3) is 0 Å². The molecule has 4 rings (SSSR count). The molecule has 3 saturated carbocycles. The maximum Gasteiger partial charge on any atom is 0.152 e. The summed E-state index contributed by atoms with van der Waals surface area (Å²) in [5.41, 5.74) is -0.151. The summed E-state index contributed by atoms with van der Waals surface area (Å²) in [6, 6.07) is 0.600. The van der Waals surface area contributed by atoms with Gasteiger partial charge in [0.15, 0.2) is 9.84 Å². The van der Waals surface area contributed by atoms with Crippen LogP contribution < -0.4 is 5.32 Å². The second kappa shape index (κ2) is 3.97. The fourth-order valence-corrected chi connectivity index (χ4v) is 7.91. The van der Waals surface area contributed by atoms with Crippen LogP contribution in [0.25, 0.3) is 0 Å². The topological polar surface area (TPSA) is 46.2 Å². The van der Waals surface area contributed by atoms with Crippen molar-refractivity contribution < 1.29 is 8.42 Å². The molecule has 108 valence electrons. The summed E-state index contributed by atoms with van der Waals surface area (Å²) in [6.07, 6.45) is 7.85. The molecule has 1 heterocycles. The van der Waals surface area contributed by atoms with Gasteiger partial charge in [0, 0.05) is 11.6 Å². The third-order valence-electron chi connectivity index (χ3n) is 6.47. The third-order valence-corrected chi connectivity index (χ3v) is 8.37. The molecule has 0 radical (unpaired) electrons. The molecule has 0 aromatic rings. The van der Waals surface area contributed by atoms with Crippen molar-refractivity contribution in [1.29, 1.82) is 0 Å². The molecule has 1 saturated heterocycles. The Morgan fingerprint density at radius 2 is 1.89 bits per heavy atom. The molecular formula is C15H25NO2S. The van der Waals surface area contributed by atoms with Crippen LogP contribution in [0.1, 0.15) is 45.4 Å². The minimum atomic E-state index is -2.79. The molecule has 2 bridgehead atoms. The molecular weight excluding hydrogens is 258 g/mol. The van der Waals surface area contributed by atoms with Crippen molar-refractivity contribution in [3.05, 3.63) is 0 Å². The molecule has 6 unspecified atom stereocenters. The Hall–Kier alpha value is -0.0900. The third kappa shape index (κ3) is 1.98. The Labute approximate surface area is 116 Å². The summed E-state index contributed by atoms with van der Waals surface area (Å²) >= 11 is 0. The van der Waals surface area contributed by atoms with Crippen molar-refractivity contribution in [3.8, 4) is 0 Å². The van der Waals surface area contributed by atoms with E-state index in [4.69, 9.17) is 0 Å². The minimum Gasteiger partial charge on any atom is -0.307 e. The largest absolute Gasteiger partial charge is 0.307 e. The Kier molecular flexibility index (Phi) is 2.64. The molecule has 0 aromatic heterocycles. The van der Waals surface area contributed by atoms with Gasteiger partial charge in [0.1, 0.15) is 0 Å². The van der Waals surface area contributed by atoms with E-state index in [-0.39, 0.29) is 5.54 Å². The molecule has 19 heavy (non-hydrogen) atoms. The summed E-state index contributed by atoms with van der Waals surface area (Å²) in [7, 11) is -2.79. The molecule has 0 aromatic carbocycles. The van der Waals surface area contributed by atoms with Gasteiger partial charge in [-0.1, -0.05) is 6.42 Å². The first kappa shape index (κ1) is 12.6. The van der Waals surface area contributed by atoms with Gasteiger partial charge in [-0.05, 0) is 62.7 Å². The van der Waals surface area contributed by atoms with Crippen LogP contribution in [-0.2, 0) is 9.84 Å². The van der Waals surface area contributed by atoms with Crippen molar-refractivity contribution in [3.63, 3.8) is 0 Å². The van der Waals surface area contributed by atoms with E-state index < -0.39 is 9.84 Å². The molecule has 6 atom stereocenters. The Morgan fingerprint density at radius 1 is 1.11 bits per heavy atom. The molecule has 4 fully saturated rings. The average Bonchev–Trinajstić information content (AvgIpc) is 2.99. The van der Waals surface area contributed by atoms with Crippen molar-refractivity contribution in [1.82, 2.24) is 5.32 Å². The Balaban J connectivity index is 1.48.